The zero-order valence-corrected chi connectivity index (χ0v) is 15.4. The molecular weight excluding hydrogens is 360 g/mol. The fraction of sp³-hybridized carbons (Fsp3) is 0.286. The van der Waals surface area contributed by atoms with Crippen molar-refractivity contribution in [2.75, 3.05) is 0 Å². The Labute approximate surface area is 160 Å². The number of hydrogen-bond acceptors (Lipinski definition) is 5. The molecule has 2 aromatic heterocycles. The van der Waals surface area contributed by atoms with Crippen molar-refractivity contribution in [3.63, 3.8) is 0 Å². The maximum absolute atomic E-state index is 13.3. The van der Waals surface area contributed by atoms with Crippen LogP contribution in [0.1, 0.15) is 41.4 Å². The lowest BCUT2D eigenvalue weighted by molar-refractivity contribution is -0.118. The standard InChI is InChI=1S/C21H20N2O5/c1-11-8-16(24)19(26)20(28-11)14(10-17(22)25)15-9-13-5-2-4-12-6-3-7-23(18(12)13)21(15)27/h2,4-5,8-9,14,26H,3,6-7,10H2,1H3,(H2,22,25)/t14-/m1/s1. The lowest BCUT2D eigenvalue weighted by Gasteiger charge is -2.23. The monoisotopic (exact) mass is 380 g/mol. The topological polar surface area (TPSA) is 116 Å². The Morgan fingerprint density at radius 1 is 1.32 bits per heavy atom. The second kappa shape index (κ2) is 6.67. The first-order chi connectivity index (χ1) is 13.4. The van der Waals surface area contributed by atoms with E-state index in [0.29, 0.717) is 6.54 Å². The Morgan fingerprint density at radius 2 is 2.11 bits per heavy atom. The van der Waals surface area contributed by atoms with Gasteiger partial charge in [0.2, 0.25) is 17.1 Å². The molecule has 7 heteroatoms. The molecule has 0 fully saturated rings. The average molecular weight is 380 g/mol. The highest BCUT2D eigenvalue weighted by Crippen LogP contribution is 2.33. The molecule has 0 saturated carbocycles. The van der Waals surface area contributed by atoms with Crippen LogP contribution < -0.4 is 16.7 Å². The van der Waals surface area contributed by atoms with Crippen molar-refractivity contribution in [3.05, 3.63) is 73.6 Å². The van der Waals surface area contributed by atoms with Crippen LogP contribution in [0.25, 0.3) is 10.9 Å². The van der Waals surface area contributed by atoms with Crippen molar-refractivity contribution in [1.29, 1.82) is 0 Å². The fourth-order valence-corrected chi connectivity index (χ4v) is 4.04. The summed E-state index contributed by atoms with van der Waals surface area (Å²) >= 11 is 0. The van der Waals surface area contributed by atoms with E-state index in [1.165, 1.54) is 0 Å². The Bertz CT molecular complexity index is 1220. The summed E-state index contributed by atoms with van der Waals surface area (Å²) < 4.78 is 7.28. The molecule has 0 saturated heterocycles. The van der Waals surface area contributed by atoms with Crippen LogP contribution in [0, 0.1) is 6.92 Å². The molecule has 3 heterocycles. The van der Waals surface area contributed by atoms with Crippen LogP contribution in [-0.4, -0.2) is 15.6 Å². The van der Waals surface area contributed by atoms with Gasteiger partial charge < -0.3 is 19.8 Å². The molecule has 0 spiro atoms. The van der Waals surface area contributed by atoms with E-state index in [4.69, 9.17) is 10.2 Å². The number of benzene rings is 1. The van der Waals surface area contributed by atoms with Gasteiger partial charge in [-0.25, -0.2) is 0 Å². The van der Waals surface area contributed by atoms with E-state index in [1.54, 1.807) is 17.6 Å². The maximum atomic E-state index is 13.3. The van der Waals surface area contributed by atoms with Gasteiger partial charge in [-0.2, -0.15) is 0 Å². The van der Waals surface area contributed by atoms with E-state index in [9.17, 15) is 19.5 Å². The first-order valence-corrected chi connectivity index (χ1v) is 9.14. The van der Waals surface area contributed by atoms with Gasteiger partial charge in [-0.05, 0) is 36.8 Å². The summed E-state index contributed by atoms with van der Waals surface area (Å²) in [5.41, 5.74) is 6.78. The Morgan fingerprint density at radius 3 is 2.86 bits per heavy atom. The summed E-state index contributed by atoms with van der Waals surface area (Å²) in [6.07, 6.45) is 1.47. The van der Waals surface area contributed by atoms with Crippen molar-refractivity contribution in [1.82, 2.24) is 4.57 Å². The minimum atomic E-state index is -0.948. The predicted octanol–water partition coefficient (Wildman–Crippen LogP) is 1.92. The number of nitrogens with zero attached hydrogens (tertiary/aromatic N) is 1. The molecule has 1 aromatic carbocycles. The first kappa shape index (κ1) is 18.0. The number of carbonyl (C=O) groups is 1. The predicted molar refractivity (Wildman–Crippen MR) is 104 cm³/mol. The van der Waals surface area contributed by atoms with Crippen molar-refractivity contribution in [2.24, 2.45) is 5.73 Å². The summed E-state index contributed by atoms with van der Waals surface area (Å²) in [4.78, 5) is 37.1. The van der Waals surface area contributed by atoms with Crippen molar-refractivity contribution < 1.29 is 14.3 Å². The van der Waals surface area contributed by atoms with Crippen molar-refractivity contribution in [3.8, 4) is 5.75 Å². The minimum Gasteiger partial charge on any atom is -0.502 e. The number of primary amides is 1. The Kier molecular flexibility index (Phi) is 4.30. The van der Waals surface area contributed by atoms with E-state index in [-0.39, 0.29) is 29.1 Å². The lowest BCUT2D eigenvalue weighted by atomic mass is 9.90. The molecule has 7 nitrogen and oxygen atoms in total. The first-order valence-electron chi connectivity index (χ1n) is 9.14. The Hall–Kier alpha value is -3.35. The number of aromatic hydroxyl groups is 1. The van der Waals surface area contributed by atoms with Gasteiger partial charge in [0.25, 0.3) is 5.56 Å². The molecule has 1 atom stereocenters. The third-order valence-corrected chi connectivity index (χ3v) is 5.22. The number of aromatic nitrogens is 1. The number of para-hydroxylation sites is 1. The normalized spacial score (nSPS) is 14.2. The van der Waals surface area contributed by atoms with Crippen LogP contribution >= 0.6 is 0 Å². The lowest BCUT2D eigenvalue weighted by Crippen LogP contribution is -2.30. The van der Waals surface area contributed by atoms with Gasteiger partial charge in [-0.15, -0.1) is 0 Å². The third kappa shape index (κ3) is 2.89. The molecule has 4 rings (SSSR count). The molecule has 0 unspecified atom stereocenters. The van der Waals surface area contributed by atoms with Gasteiger partial charge in [-0.1, -0.05) is 18.2 Å². The van der Waals surface area contributed by atoms with E-state index < -0.39 is 23.0 Å². The van der Waals surface area contributed by atoms with Gasteiger partial charge in [0.05, 0.1) is 11.4 Å². The van der Waals surface area contributed by atoms with E-state index in [0.717, 1.165) is 35.4 Å². The molecule has 0 aliphatic carbocycles. The second-order valence-electron chi connectivity index (χ2n) is 7.17. The molecule has 3 aromatic rings. The van der Waals surface area contributed by atoms with Crippen LogP contribution in [0.3, 0.4) is 0 Å². The summed E-state index contributed by atoms with van der Waals surface area (Å²) in [5, 5.41) is 11.1. The van der Waals surface area contributed by atoms with Crippen molar-refractivity contribution >= 4 is 16.8 Å². The number of pyridine rings is 1. The summed E-state index contributed by atoms with van der Waals surface area (Å²) in [7, 11) is 0. The van der Waals surface area contributed by atoms with Crippen LogP contribution in [0.15, 0.2) is 44.3 Å². The minimum absolute atomic E-state index is 0.111. The number of rotatable bonds is 4. The molecule has 1 aliphatic heterocycles. The molecule has 0 radical (unpaired) electrons. The van der Waals surface area contributed by atoms with Gasteiger partial charge in [0, 0.05) is 24.6 Å². The number of hydrogen-bond donors (Lipinski definition) is 2. The van der Waals surface area contributed by atoms with Crippen LogP contribution in [0.5, 0.6) is 5.75 Å². The molecule has 144 valence electrons. The molecule has 3 N–H and O–H groups in total. The van der Waals surface area contributed by atoms with E-state index in [1.807, 2.05) is 18.2 Å². The highest BCUT2D eigenvalue weighted by atomic mass is 16.4. The zero-order valence-electron chi connectivity index (χ0n) is 15.4. The number of amides is 1. The Balaban J connectivity index is 2.03. The average Bonchev–Trinajstić information content (AvgIpc) is 2.66. The molecule has 1 amide bonds. The van der Waals surface area contributed by atoms with Gasteiger partial charge >= 0.3 is 0 Å². The molecule has 28 heavy (non-hydrogen) atoms. The number of nitrogens with two attached hydrogens (primary N) is 1. The SMILES string of the molecule is Cc1cc(=O)c(O)c([C@H](CC(N)=O)c2cc3cccc4c3n(c2=O)CCC4)o1. The third-order valence-electron chi connectivity index (χ3n) is 5.22. The largest absolute Gasteiger partial charge is 0.502 e. The van der Waals surface area contributed by atoms with Crippen LogP contribution in [0.2, 0.25) is 0 Å². The highest BCUT2D eigenvalue weighted by molar-refractivity contribution is 5.84. The molecular formula is C21H20N2O5. The van der Waals surface area contributed by atoms with Gasteiger partial charge in [-0.3, -0.25) is 14.4 Å². The second-order valence-corrected chi connectivity index (χ2v) is 7.17. The number of aryl methyl sites for hydroxylation is 3. The molecule has 0 bridgehead atoms. The van der Waals surface area contributed by atoms with E-state index in [2.05, 4.69) is 0 Å². The van der Waals surface area contributed by atoms with Gasteiger partial charge in [0.15, 0.2) is 5.76 Å². The van der Waals surface area contributed by atoms with Crippen molar-refractivity contribution in [2.45, 2.75) is 38.6 Å². The van der Waals surface area contributed by atoms with Crippen LogP contribution in [-0.2, 0) is 17.8 Å². The summed E-state index contributed by atoms with van der Waals surface area (Å²) in [6.45, 7) is 2.13. The maximum Gasteiger partial charge on any atom is 0.255 e. The highest BCUT2D eigenvalue weighted by Gasteiger charge is 2.29. The molecule has 1 aliphatic rings. The zero-order chi connectivity index (χ0) is 20.0. The number of carbonyl (C=O) groups excluding carboxylic acids is 1. The smallest absolute Gasteiger partial charge is 0.255 e. The fourth-order valence-electron chi connectivity index (χ4n) is 4.04. The summed E-state index contributed by atoms with van der Waals surface area (Å²) in [5.74, 6) is -2.06. The summed E-state index contributed by atoms with van der Waals surface area (Å²) in [6, 6.07) is 8.69. The van der Waals surface area contributed by atoms with Gasteiger partial charge in [0.1, 0.15) is 5.76 Å². The van der Waals surface area contributed by atoms with Crippen LogP contribution in [0.4, 0.5) is 0 Å². The quantitative estimate of drug-likeness (QED) is 0.717. The van der Waals surface area contributed by atoms with E-state index >= 15 is 0 Å².